The molecule has 2 amide bonds. The van der Waals surface area contributed by atoms with Crippen LogP contribution >= 0.6 is 12.2 Å². The minimum Gasteiger partial charge on any atom is -0.490 e. The second-order valence-electron chi connectivity index (χ2n) is 7.24. The summed E-state index contributed by atoms with van der Waals surface area (Å²) in [7, 11) is 0. The van der Waals surface area contributed by atoms with Crippen molar-refractivity contribution in [1.82, 2.24) is 16.2 Å². The molecule has 0 aliphatic heterocycles. The van der Waals surface area contributed by atoms with E-state index >= 15 is 0 Å². The average Bonchev–Trinajstić information content (AvgIpc) is 2.85. The van der Waals surface area contributed by atoms with E-state index in [4.69, 9.17) is 21.7 Å². The van der Waals surface area contributed by atoms with Gasteiger partial charge in [-0.3, -0.25) is 25.2 Å². The van der Waals surface area contributed by atoms with Gasteiger partial charge in [0.1, 0.15) is 12.4 Å². The van der Waals surface area contributed by atoms with E-state index in [0.29, 0.717) is 30.9 Å². The summed E-state index contributed by atoms with van der Waals surface area (Å²) in [6, 6.07) is 16.5. The first-order valence-electron chi connectivity index (χ1n) is 10.9. The molecule has 0 saturated heterocycles. The Balaban J connectivity index is 1.55. The molecule has 180 valence electrons. The summed E-state index contributed by atoms with van der Waals surface area (Å²) < 4.78 is 10.5. The fourth-order valence-corrected chi connectivity index (χ4v) is 3.00. The molecule has 0 bridgehead atoms. The van der Waals surface area contributed by atoms with Gasteiger partial charge in [0.05, 0.1) is 6.61 Å². The Kier molecular flexibility index (Phi) is 11.8. The Hall–Kier alpha value is -3.72. The largest absolute Gasteiger partial charge is 0.490 e. The molecule has 0 radical (unpaired) electrons. The highest BCUT2D eigenvalue weighted by Crippen LogP contribution is 2.12. The number of thiocarbonyl (C=S) groups is 1. The minimum atomic E-state index is -0.429. The van der Waals surface area contributed by atoms with Gasteiger partial charge in [-0.15, -0.1) is 0 Å². The molecule has 34 heavy (non-hydrogen) atoms. The van der Waals surface area contributed by atoms with E-state index in [1.807, 2.05) is 30.3 Å². The van der Waals surface area contributed by atoms with Crippen LogP contribution in [0.3, 0.4) is 0 Å². The molecule has 0 atom stereocenters. The molecule has 8 nitrogen and oxygen atoms in total. The van der Waals surface area contributed by atoms with E-state index in [2.05, 4.69) is 22.7 Å². The summed E-state index contributed by atoms with van der Waals surface area (Å²) in [5, 5.41) is 2.40. The maximum Gasteiger partial charge on any atom is 0.305 e. The number of esters is 1. The highest BCUT2D eigenvalue weighted by molar-refractivity contribution is 7.80. The summed E-state index contributed by atoms with van der Waals surface area (Å²) in [5.41, 5.74) is 6.46. The Morgan fingerprint density at radius 3 is 2.38 bits per heavy atom. The third kappa shape index (κ3) is 10.7. The number of amides is 2. The van der Waals surface area contributed by atoms with E-state index in [-0.39, 0.29) is 29.8 Å². The Morgan fingerprint density at radius 1 is 0.941 bits per heavy atom. The fourth-order valence-electron chi connectivity index (χ4n) is 2.84. The van der Waals surface area contributed by atoms with Crippen molar-refractivity contribution in [3.8, 4) is 5.75 Å². The lowest BCUT2D eigenvalue weighted by Gasteiger charge is -2.11. The van der Waals surface area contributed by atoms with Gasteiger partial charge >= 0.3 is 5.97 Å². The smallest absolute Gasteiger partial charge is 0.305 e. The zero-order valence-corrected chi connectivity index (χ0v) is 19.7. The van der Waals surface area contributed by atoms with Gasteiger partial charge in [-0.05, 0) is 61.3 Å². The number of hydrogen-bond acceptors (Lipinski definition) is 6. The summed E-state index contributed by atoms with van der Waals surface area (Å²) in [4.78, 5) is 35.9. The number of benzene rings is 2. The zero-order valence-electron chi connectivity index (χ0n) is 18.9. The van der Waals surface area contributed by atoms with Crippen LogP contribution in [0.2, 0.25) is 0 Å². The van der Waals surface area contributed by atoms with Crippen LogP contribution in [0.1, 0.15) is 41.6 Å². The highest BCUT2D eigenvalue weighted by Gasteiger charge is 2.10. The second kappa shape index (κ2) is 15.2. The molecule has 0 fully saturated rings. The molecule has 3 N–H and O–H groups in total. The Labute approximate surface area is 204 Å². The highest BCUT2D eigenvalue weighted by atomic mass is 32.1. The summed E-state index contributed by atoms with van der Waals surface area (Å²) in [6.45, 7) is 4.29. The maximum absolute atomic E-state index is 12.1. The number of hydrogen-bond donors (Lipinski definition) is 3. The van der Waals surface area contributed by atoms with Crippen molar-refractivity contribution >= 4 is 35.1 Å². The molecule has 0 saturated carbocycles. The van der Waals surface area contributed by atoms with E-state index in [1.54, 1.807) is 30.3 Å². The van der Waals surface area contributed by atoms with Crippen molar-refractivity contribution in [2.45, 2.75) is 32.1 Å². The topological polar surface area (TPSA) is 106 Å². The van der Waals surface area contributed by atoms with Gasteiger partial charge in [-0.25, -0.2) is 0 Å². The van der Waals surface area contributed by atoms with Gasteiger partial charge in [0.2, 0.25) is 5.91 Å². The number of ether oxygens (including phenoxy) is 2. The van der Waals surface area contributed by atoms with Crippen molar-refractivity contribution in [2.24, 2.45) is 0 Å². The van der Waals surface area contributed by atoms with Crippen LogP contribution in [0.15, 0.2) is 67.3 Å². The van der Waals surface area contributed by atoms with Crippen molar-refractivity contribution in [3.05, 3.63) is 78.4 Å². The SMILES string of the molecule is C=CCOc1ccc(C(=O)NNC(=S)NC(=O)CCCC(=O)OCCCc2ccccc2)cc1. The molecule has 0 spiro atoms. The summed E-state index contributed by atoms with van der Waals surface area (Å²) in [5.74, 6) is -0.521. The van der Waals surface area contributed by atoms with Crippen LogP contribution in [-0.4, -0.2) is 36.1 Å². The number of aryl methyl sites for hydroxylation is 1. The number of rotatable bonds is 12. The fraction of sp³-hybridized carbons (Fsp3) is 0.280. The third-order valence-electron chi connectivity index (χ3n) is 4.53. The normalized spacial score (nSPS) is 10.0. The van der Waals surface area contributed by atoms with E-state index in [9.17, 15) is 14.4 Å². The second-order valence-corrected chi connectivity index (χ2v) is 7.65. The zero-order chi connectivity index (χ0) is 24.6. The Bertz CT molecular complexity index is 964. The van der Waals surface area contributed by atoms with Crippen molar-refractivity contribution in [3.63, 3.8) is 0 Å². The van der Waals surface area contributed by atoms with Crippen LogP contribution in [0.4, 0.5) is 0 Å². The molecular formula is C25H29N3O5S. The first-order chi connectivity index (χ1) is 16.5. The van der Waals surface area contributed by atoms with Gasteiger partial charge in [0, 0.05) is 18.4 Å². The molecule has 2 aromatic carbocycles. The van der Waals surface area contributed by atoms with Crippen LogP contribution in [0.5, 0.6) is 5.75 Å². The standard InChI is InChI=1S/C25H29N3O5S/c1-2-17-32-21-15-13-20(14-16-21)24(31)27-28-25(34)26-22(29)11-6-12-23(30)33-18-7-10-19-8-4-3-5-9-19/h2-5,8-9,13-16H,1,6-7,10-12,17-18H2,(H,27,31)(H2,26,28,29,34). The van der Waals surface area contributed by atoms with Gasteiger partial charge in [0.15, 0.2) is 5.11 Å². The molecule has 0 aliphatic rings. The maximum atomic E-state index is 12.1. The van der Waals surface area contributed by atoms with E-state index in [0.717, 1.165) is 12.8 Å². The average molecular weight is 484 g/mol. The Morgan fingerprint density at radius 2 is 1.68 bits per heavy atom. The summed E-state index contributed by atoms with van der Waals surface area (Å²) in [6.07, 6.45) is 3.78. The van der Waals surface area contributed by atoms with Gasteiger partial charge in [-0.1, -0.05) is 43.0 Å². The first kappa shape index (κ1) is 26.5. The quantitative estimate of drug-likeness (QED) is 0.140. The predicted octanol–water partition coefficient (Wildman–Crippen LogP) is 3.23. The van der Waals surface area contributed by atoms with Gasteiger partial charge in [-0.2, -0.15) is 0 Å². The lowest BCUT2D eigenvalue weighted by molar-refractivity contribution is -0.143. The lowest BCUT2D eigenvalue weighted by atomic mass is 10.1. The monoisotopic (exact) mass is 483 g/mol. The number of hydrazine groups is 1. The number of carbonyl (C=O) groups excluding carboxylic acids is 3. The number of nitrogens with one attached hydrogen (secondary N) is 3. The molecule has 2 rings (SSSR count). The van der Waals surface area contributed by atoms with Crippen molar-refractivity contribution in [1.29, 1.82) is 0 Å². The summed E-state index contributed by atoms with van der Waals surface area (Å²) >= 11 is 5.00. The molecule has 0 aliphatic carbocycles. The molecule has 0 unspecified atom stereocenters. The molecule has 9 heteroatoms. The predicted molar refractivity (Wildman–Crippen MR) is 133 cm³/mol. The van der Waals surface area contributed by atoms with Crippen molar-refractivity contribution < 1.29 is 23.9 Å². The third-order valence-corrected chi connectivity index (χ3v) is 4.73. The molecule has 0 heterocycles. The molecule has 2 aromatic rings. The van der Waals surface area contributed by atoms with E-state index in [1.165, 1.54) is 5.56 Å². The molecular weight excluding hydrogens is 454 g/mol. The van der Waals surface area contributed by atoms with Crippen LogP contribution in [-0.2, 0) is 20.7 Å². The van der Waals surface area contributed by atoms with Gasteiger partial charge < -0.3 is 14.8 Å². The van der Waals surface area contributed by atoms with E-state index < -0.39 is 5.91 Å². The first-order valence-corrected chi connectivity index (χ1v) is 11.3. The van der Waals surface area contributed by atoms with Crippen LogP contribution in [0, 0.1) is 0 Å². The van der Waals surface area contributed by atoms with Gasteiger partial charge in [0.25, 0.3) is 5.91 Å². The number of carbonyl (C=O) groups is 3. The minimum absolute atomic E-state index is 0.0484. The van der Waals surface area contributed by atoms with Crippen LogP contribution < -0.4 is 20.9 Å². The molecule has 0 aromatic heterocycles. The van der Waals surface area contributed by atoms with Crippen molar-refractivity contribution in [2.75, 3.05) is 13.2 Å². The van der Waals surface area contributed by atoms with Crippen LogP contribution in [0.25, 0.3) is 0 Å². The lowest BCUT2D eigenvalue weighted by Crippen LogP contribution is -2.48.